The average molecular weight is 596 g/mol. The summed E-state index contributed by atoms with van der Waals surface area (Å²) >= 11 is 42.2. The van der Waals surface area contributed by atoms with Crippen molar-refractivity contribution in [3.63, 3.8) is 0 Å². The number of hydrogen-bond donors (Lipinski definition) is 3. The lowest BCUT2D eigenvalue weighted by molar-refractivity contribution is -0.122. The van der Waals surface area contributed by atoms with E-state index >= 15 is 0 Å². The molecular weight excluding hydrogens is 579 g/mol. The fourth-order valence-electron chi connectivity index (χ4n) is 3.15. The van der Waals surface area contributed by atoms with Crippen molar-refractivity contribution in [2.45, 2.75) is 15.9 Å². The highest BCUT2D eigenvalue weighted by Gasteiger charge is 2.37. The van der Waals surface area contributed by atoms with Crippen LogP contribution in [0.5, 0.6) is 0 Å². The zero-order chi connectivity index (χ0) is 24.9. The Morgan fingerprint density at radius 2 is 1.26 bits per heavy atom. The Hall–Kier alpha value is -1.44. The lowest BCUT2D eigenvalue weighted by Crippen LogP contribution is -2.57. The van der Waals surface area contributed by atoms with Gasteiger partial charge in [0.25, 0.3) is 0 Å². The van der Waals surface area contributed by atoms with Crippen LogP contribution in [0.3, 0.4) is 0 Å². The Morgan fingerprint density at radius 3 is 1.71 bits per heavy atom. The highest BCUT2D eigenvalue weighted by Crippen LogP contribution is 2.34. The Labute approximate surface area is 232 Å². The molecule has 0 aliphatic heterocycles. The minimum atomic E-state index is -1.95. The molecule has 0 fully saturated rings. The molecule has 0 heterocycles. The standard InChI is InChI=1S/C23H17Cl6N3OS/c24-15-11-16(25)19(17(26)12-15)30-22(34)32-21(23(27,28)29)31-20(33)18(13-7-3-1-4-8-13)14-9-5-2-6-10-14/h1-12,18,21H,(H,31,33)(H2,30,32,34)/t21-/m1/s1. The molecule has 0 unspecified atom stereocenters. The van der Waals surface area contributed by atoms with E-state index in [-0.39, 0.29) is 15.2 Å². The molecule has 1 atom stereocenters. The second-order valence-corrected chi connectivity index (χ2v) is 11.1. The fourth-order valence-corrected chi connectivity index (χ4v) is 4.61. The quantitative estimate of drug-likeness (QED) is 0.156. The summed E-state index contributed by atoms with van der Waals surface area (Å²) in [7, 11) is 0. The number of alkyl halides is 3. The highest BCUT2D eigenvalue weighted by molar-refractivity contribution is 7.80. The van der Waals surface area contributed by atoms with Gasteiger partial charge < -0.3 is 16.0 Å². The molecule has 11 heteroatoms. The number of carbonyl (C=O) groups is 1. The molecule has 0 saturated carbocycles. The molecule has 178 valence electrons. The van der Waals surface area contributed by atoms with Gasteiger partial charge >= 0.3 is 0 Å². The van der Waals surface area contributed by atoms with Crippen LogP contribution < -0.4 is 16.0 Å². The molecule has 3 aromatic rings. The zero-order valence-corrected chi connectivity index (χ0v) is 22.5. The van der Waals surface area contributed by atoms with Crippen molar-refractivity contribution in [2.24, 2.45) is 0 Å². The van der Waals surface area contributed by atoms with Gasteiger partial charge in [-0.25, -0.2) is 0 Å². The first-order valence-electron chi connectivity index (χ1n) is 9.75. The molecule has 3 N–H and O–H groups in total. The number of carbonyl (C=O) groups excluding carboxylic acids is 1. The average Bonchev–Trinajstić information content (AvgIpc) is 2.77. The number of rotatable bonds is 6. The predicted octanol–water partition coefficient (Wildman–Crippen LogP) is 7.58. The van der Waals surface area contributed by atoms with Crippen molar-refractivity contribution in [1.82, 2.24) is 10.6 Å². The number of nitrogens with one attached hydrogen (secondary N) is 3. The van der Waals surface area contributed by atoms with Gasteiger partial charge in [0.15, 0.2) is 5.11 Å². The van der Waals surface area contributed by atoms with E-state index < -0.39 is 21.8 Å². The Kier molecular flexibility index (Phi) is 9.58. The summed E-state index contributed by atoms with van der Waals surface area (Å²) in [4.78, 5) is 13.4. The molecule has 0 bridgehead atoms. The zero-order valence-electron chi connectivity index (χ0n) is 17.2. The SMILES string of the molecule is O=C(N[C@H](NC(=S)Nc1c(Cl)cc(Cl)cc1Cl)C(Cl)(Cl)Cl)C(c1ccccc1)c1ccccc1. The molecule has 0 aliphatic carbocycles. The monoisotopic (exact) mass is 593 g/mol. The summed E-state index contributed by atoms with van der Waals surface area (Å²) in [5, 5.41) is 9.25. The lowest BCUT2D eigenvalue weighted by atomic mass is 9.90. The van der Waals surface area contributed by atoms with Gasteiger partial charge in [-0.15, -0.1) is 0 Å². The van der Waals surface area contributed by atoms with Gasteiger partial charge in [-0.3, -0.25) is 4.79 Å². The first-order chi connectivity index (χ1) is 16.1. The molecule has 0 spiro atoms. The second-order valence-electron chi connectivity index (χ2n) is 7.08. The summed E-state index contributed by atoms with van der Waals surface area (Å²) in [5.41, 5.74) is 1.86. The van der Waals surface area contributed by atoms with Gasteiger partial charge in [0.1, 0.15) is 6.17 Å². The minimum absolute atomic E-state index is 0.0127. The van der Waals surface area contributed by atoms with Gasteiger partial charge in [-0.1, -0.05) is 130 Å². The van der Waals surface area contributed by atoms with Crippen LogP contribution in [-0.4, -0.2) is 21.0 Å². The number of amides is 1. The Morgan fingerprint density at radius 1 is 0.794 bits per heavy atom. The first kappa shape index (κ1) is 27.2. The van der Waals surface area contributed by atoms with E-state index in [1.165, 1.54) is 12.1 Å². The topological polar surface area (TPSA) is 53.2 Å². The van der Waals surface area contributed by atoms with Crippen molar-refractivity contribution in [2.75, 3.05) is 5.32 Å². The van der Waals surface area contributed by atoms with Gasteiger partial charge in [0, 0.05) is 5.02 Å². The first-order valence-corrected chi connectivity index (χ1v) is 12.4. The van der Waals surface area contributed by atoms with Crippen molar-refractivity contribution < 1.29 is 4.79 Å². The minimum Gasteiger partial charge on any atom is -0.339 e. The maximum Gasteiger partial charge on any atom is 0.233 e. The van der Waals surface area contributed by atoms with Gasteiger partial charge in [0.2, 0.25) is 9.70 Å². The van der Waals surface area contributed by atoms with Crippen molar-refractivity contribution in [3.8, 4) is 0 Å². The summed E-state index contributed by atoms with van der Waals surface area (Å²) in [6.45, 7) is 0. The van der Waals surface area contributed by atoms with Gasteiger partial charge in [0.05, 0.1) is 21.7 Å². The summed E-state index contributed by atoms with van der Waals surface area (Å²) in [6.07, 6.45) is -1.19. The summed E-state index contributed by atoms with van der Waals surface area (Å²) in [6, 6.07) is 21.5. The predicted molar refractivity (Wildman–Crippen MR) is 148 cm³/mol. The second kappa shape index (κ2) is 12.0. The molecule has 1 amide bonds. The van der Waals surface area contributed by atoms with Gasteiger partial charge in [-0.05, 0) is 35.5 Å². The van der Waals surface area contributed by atoms with E-state index in [1.807, 2.05) is 60.7 Å². The number of thiocarbonyl (C=S) groups is 1. The smallest absolute Gasteiger partial charge is 0.233 e. The van der Waals surface area contributed by atoms with Crippen LogP contribution in [0, 0.1) is 0 Å². The lowest BCUT2D eigenvalue weighted by Gasteiger charge is -2.30. The van der Waals surface area contributed by atoms with Crippen molar-refractivity contribution in [3.05, 3.63) is 99.0 Å². The van der Waals surface area contributed by atoms with Crippen LogP contribution in [0.2, 0.25) is 15.1 Å². The molecule has 3 rings (SSSR count). The Balaban J connectivity index is 1.83. The van der Waals surface area contributed by atoms with E-state index in [9.17, 15) is 4.79 Å². The molecule has 3 aromatic carbocycles. The maximum absolute atomic E-state index is 13.4. The summed E-state index contributed by atoms with van der Waals surface area (Å²) < 4.78 is -1.95. The van der Waals surface area contributed by atoms with E-state index in [1.54, 1.807) is 0 Å². The van der Waals surface area contributed by atoms with E-state index in [2.05, 4.69) is 16.0 Å². The van der Waals surface area contributed by atoms with Crippen LogP contribution in [0.25, 0.3) is 0 Å². The van der Waals surface area contributed by atoms with Crippen molar-refractivity contribution in [1.29, 1.82) is 0 Å². The third kappa shape index (κ3) is 7.28. The molecule has 0 aromatic heterocycles. The van der Waals surface area contributed by atoms with Crippen LogP contribution in [0.1, 0.15) is 17.0 Å². The molecule has 4 nitrogen and oxygen atoms in total. The largest absolute Gasteiger partial charge is 0.339 e. The van der Waals surface area contributed by atoms with Crippen LogP contribution in [0.15, 0.2) is 72.8 Å². The molecule has 34 heavy (non-hydrogen) atoms. The third-order valence-corrected chi connectivity index (χ3v) is 6.35. The fraction of sp³-hybridized carbons (Fsp3) is 0.130. The normalized spacial score (nSPS) is 12.2. The molecule has 0 radical (unpaired) electrons. The number of benzene rings is 3. The van der Waals surface area contributed by atoms with Crippen LogP contribution >= 0.6 is 81.8 Å². The Bertz CT molecular complexity index is 1100. The third-order valence-electron chi connectivity index (χ3n) is 4.66. The number of halogens is 6. The van der Waals surface area contributed by atoms with E-state index in [4.69, 9.17) is 81.8 Å². The number of anilines is 1. The van der Waals surface area contributed by atoms with Gasteiger partial charge in [-0.2, -0.15) is 0 Å². The molecular formula is C23H17Cl6N3OS. The molecule has 0 saturated heterocycles. The maximum atomic E-state index is 13.4. The summed E-state index contributed by atoms with van der Waals surface area (Å²) in [5.74, 6) is -1.05. The van der Waals surface area contributed by atoms with E-state index in [0.29, 0.717) is 10.7 Å². The van der Waals surface area contributed by atoms with E-state index in [0.717, 1.165) is 11.1 Å². The highest BCUT2D eigenvalue weighted by atomic mass is 35.6. The van der Waals surface area contributed by atoms with Crippen LogP contribution in [-0.2, 0) is 4.79 Å². The number of hydrogen-bond acceptors (Lipinski definition) is 2. The van der Waals surface area contributed by atoms with Crippen LogP contribution in [0.4, 0.5) is 5.69 Å². The van der Waals surface area contributed by atoms with Crippen molar-refractivity contribution >= 4 is 98.5 Å². The molecule has 0 aliphatic rings.